The average molecular weight is 468 g/mol. The summed E-state index contributed by atoms with van der Waals surface area (Å²) < 4.78 is 7.46. The number of thioether (sulfide) groups is 1. The molecule has 0 radical (unpaired) electrons. The van der Waals surface area contributed by atoms with E-state index in [4.69, 9.17) is 16.3 Å². The average Bonchev–Trinajstić information content (AvgIpc) is 2.65. The molecule has 0 saturated heterocycles. The highest BCUT2D eigenvalue weighted by molar-refractivity contribution is 9.10. The quantitative estimate of drug-likeness (QED) is 0.286. The zero-order valence-corrected chi connectivity index (χ0v) is 17.4. The Balaban J connectivity index is 1.46. The van der Waals surface area contributed by atoms with Crippen LogP contribution in [0, 0.1) is 0 Å². The van der Waals surface area contributed by atoms with Crippen molar-refractivity contribution in [2.24, 2.45) is 0 Å². The Bertz CT molecular complexity index is 1010. The third-order valence-corrected chi connectivity index (χ3v) is 5.48. The van der Waals surface area contributed by atoms with Gasteiger partial charge in [0.25, 0.3) is 5.56 Å². The third kappa shape index (κ3) is 5.82. The number of benzene rings is 1. The molecule has 0 aliphatic rings. The van der Waals surface area contributed by atoms with Crippen LogP contribution in [-0.2, 0) is 16.1 Å². The highest BCUT2D eigenvalue weighted by Gasteiger charge is 2.07. The van der Waals surface area contributed by atoms with Crippen molar-refractivity contribution in [3.05, 3.63) is 74.2 Å². The summed E-state index contributed by atoms with van der Waals surface area (Å²) in [4.78, 5) is 29.5. The Morgan fingerprint density at radius 1 is 1.22 bits per heavy atom. The van der Waals surface area contributed by atoms with Crippen LogP contribution in [0.1, 0.15) is 18.5 Å². The fraction of sp³-hybridized carbons (Fsp3) is 0.211. The number of halogens is 2. The Hall–Kier alpha value is -1.83. The van der Waals surface area contributed by atoms with Crippen LogP contribution in [0.25, 0.3) is 5.65 Å². The fourth-order valence-corrected chi connectivity index (χ4v) is 3.68. The van der Waals surface area contributed by atoms with Crippen molar-refractivity contribution >= 4 is 50.9 Å². The van der Waals surface area contributed by atoms with Gasteiger partial charge in [-0.25, -0.2) is 4.98 Å². The van der Waals surface area contributed by atoms with E-state index in [-0.39, 0.29) is 18.1 Å². The van der Waals surface area contributed by atoms with Crippen LogP contribution in [0.4, 0.5) is 0 Å². The minimum absolute atomic E-state index is 0.00896. The van der Waals surface area contributed by atoms with Crippen LogP contribution in [-0.4, -0.2) is 21.1 Å². The number of ether oxygens (including phenoxy) is 1. The van der Waals surface area contributed by atoms with E-state index in [1.54, 1.807) is 30.1 Å². The molecule has 0 aliphatic heterocycles. The molecule has 0 unspecified atom stereocenters. The minimum Gasteiger partial charge on any atom is -0.459 e. The number of carbonyl (C=O) groups is 1. The van der Waals surface area contributed by atoms with Gasteiger partial charge in [-0.2, -0.15) is 0 Å². The maximum Gasteiger partial charge on any atom is 0.306 e. The SMILES string of the molecule is O=C(CCCSc1ccc(Cl)cc1)OCc1cc(=O)n2cc(Br)ccc2n1. The first-order valence-electron chi connectivity index (χ1n) is 8.23. The minimum atomic E-state index is -0.301. The Labute approximate surface area is 173 Å². The monoisotopic (exact) mass is 466 g/mol. The number of carbonyl (C=O) groups excluding carboxylic acids is 1. The molecule has 3 rings (SSSR count). The molecule has 5 nitrogen and oxygen atoms in total. The third-order valence-electron chi connectivity index (χ3n) is 3.67. The first-order valence-corrected chi connectivity index (χ1v) is 10.4. The van der Waals surface area contributed by atoms with Crippen molar-refractivity contribution in [3.63, 3.8) is 0 Å². The summed E-state index contributed by atoms with van der Waals surface area (Å²) in [5.41, 5.74) is 0.731. The molecular weight excluding hydrogens is 452 g/mol. The van der Waals surface area contributed by atoms with E-state index in [0.29, 0.717) is 29.2 Å². The number of esters is 1. The molecule has 1 aromatic carbocycles. The lowest BCUT2D eigenvalue weighted by molar-refractivity contribution is -0.145. The van der Waals surface area contributed by atoms with E-state index in [0.717, 1.165) is 15.1 Å². The summed E-state index contributed by atoms with van der Waals surface area (Å²) in [6.45, 7) is -0.00896. The van der Waals surface area contributed by atoms with Gasteiger partial charge in [0.2, 0.25) is 0 Å². The lowest BCUT2D eigenvalue weighted by Gasteiger charge is -2.06. The van der Waals surface area contributed by atoms with Gasteiger partial charge in [-0.1, -0.05) is 11.6 Å². The first kappa shape index (κ1) is 19.9. The molecule has 2 heterocycles. The lowest BCUT2D eigenvalue weighted by Crippen LogP contribution is -2.16. The van der Waals surface area contributed by atoms with Crippen LogP contribution in [0.15, 0.2) is 62.8 Å². The maximum absolute atomic E-state index is 12.1. The van der Waals surface area contributed by atoms with Crippen LogP contribution in [0.3, 0.4) is 0 Å². The number of rotatable bonds is 7. The summed E-state index contributed by atoms with van der Waals surface area (Å²) in [7, 11) is 0. The number of nitrogens with zero attached hydrogens (tertiary/aromatic N) is 2. The van der Waals surface area contributed by atoms with Gasteiger partial charge >= 0.3 is 5.97 Å². The summed E-state index contributed by atoms with van der Waals surface area (Å²) >= 11 is 10.8. The smallest absolute Gasteiger partial charge is 0.306 e. The van der Waals surface area contributed by atoms with Crippen molar-refractivity contribution < 1.29 is 9.53 Å². The second kappa shape index (κ2) is 9.39. The molecule has 140 valence electrons. The van der Waals surface area contributed by atoms with Gasteiger partial charge in [-0.3, -0.25) is 14.0 Å². The van der Waals surface area contributed by atoms with Crippen molar-refractivity contribution in [1.82, 2.24) is 9.38 Å². The van der Waals surface area contributed by atoms with E-state index < -0.39 is 0 Å². The Morgan fingerprint density at radius 2 is 2.00 bits per heavy atom. The van der Waals surface area contributed by atoms with Gasteiger partial charge in [0.05, 0.1) is 5.69 Å². The van der Waals surface area contributed by atoms with Crippen LogP contribution in [0.2, 0.25) is 5.02 Å². The fourth-order valence-electron chi connectivity index (χ4n) is 2.36. The van der Waals surface area contributed by atoms with Crippen LogP contribution in [0.5, 0.6) is 0 Å². The number of hydrogen-bond donors (Lipinski definition) is 0. The molecule has 0 bridgehead atoms. The predicted molar refractivity (Wildman–Crippen MR) is 110 cm³/mol. The summed E-state index contributed by atoms with van der Waals surface area (Å²) in [6, 6.07) is 12.5. The number of fused-ring (bicyclic) bond motifs is 1. The van der Waals surface area contributed by atoms with Crippen molar-refractivity contribution in [3.8, 4) is 0 Å². The molecule has 3 aromatic rings. The molecule has 8 heteroatoms. The van der Waals surface area contributed by atoms with Crippen LogP contribution >= 0.6 is 39.3 Å². The summed E-state index contributed by atoms with van der Waals surface area (Å²) in [5.74, 6) is 0.505. The molecule has 0 spiro atoms. The topological polar surface area (TPSA) is 60.7 Å². The molecule has 0 atom stereocenters. The van der Waals surface area contributed by atoms with Gasteiger partial charge in [-0.15, -0.1) is 11.8 Å². The Morgan fingerprint density at radius 3 is 2.78 bits per heavy atom. The predicted octanol–water partition coefficient (Wildman–Crippen LogP) is 4.73. The normalized spacial score (nSPS) is 10.9. The molecule has 0 amide bonds. The van der Waals surface area contributed by atoms with Crippen molar-refractivity contribution in [2.45, 2.75) is 24.3 Å². The van der Waals surface area contributed by atoms with Gasteiger partial charge in [-0.05, 0) is 64.5 Å². The molecule has 0 fully saturated rings. The zero-order valence-electron chi connectivity index (χ0n) is 14.2. The molecule has 27 heavy (non-hydrogen) atoms. The van der Waals surface area contributed by atoms with E-state index >= 15 is 0 Å². The van der Waals surface area contributed by atoms with E-state index in [9.17, 15) is 9.59 Å². The lowest BCUT2D eigenvalue weighted by atomic mass is 10.3. The second-order valence-electron chi connectivity index (χ2n) is 5.73. The van der Waals surface area contributed by atoms with Gasteiger partial charge in [0, 0.05) is 33.1 Å². The van der Waals surface area contributed by atoms with Crippen molar-refractivity contribution in [2.75, 3.05) is 5.75 Å². The zero-order chi connectivity index (χ0) is 19.2. The summed E-state index contributed by atoms with van der Waals surface area (Å²) in [6.07, 6.45) is 2.67. The molecule has 0 aliphatic carbocycles. The molecular formula is C19H16BrClN2O3S. The Kier molecular flexibility index (Phi) is 6.93. The number of hydrogen-bond acceptors (Lipinski definition) is 5. The number of pyridine rings is 1. The first-order chi connectivity index (χ1) is 13.0. The standard InChI is InChI=1S/C19H16BrClN2O3S/c20-13-3-8-17-22-15(10-18(24)23(17)11-13)12-26-19(25)2-1-9-27-16-6-4-14(21)5-7-16/h3-8,10-11H,1-2,9,12H2. The summed E-state index contributed by atoms with van der Waals surface area (Å²) in [5, 5.41) is 0.706. The second-order valence-corrected chi connectivity index (χ2v) is 8.25. The molecule has 2 aromatic heterocycles. The largest absolute Gasteiger partial charge is 0.459 e. The molecule has 0 saturated carbocycles. The van der Waals surface area contributed by atoms with E-state index in [2.05, 4.69) is 20.9 Å². The van der Waals surface area contributed by atoms with E-state index in [1.165, 1.54) is 10.5 Å². The van der Waals surface area contributed by atoms with Crippen molar-refractivity contribution in [1.29, 1.82) is 0 Å². The maximum atomic E-state index is 12.1. The van der Waals surface area contributed by atoms with Gasteiger partial charge in [0.1, 0.15) is 12.3 Å². The van der Waals surface area contributed by atoms with Crippen LogP contribution < -0.4 is 5.56 Å². The van der Waals surface area contributed by atoms with E-state index in [1.807, 2.05) is 24.3 Å². The van der Waals surface area contributed by atoms with Gasteiger partial charge < -0.3 is 4.74 Å². The highest BCUT2D eigenvalue weighted by Crippen LogP contribution is 2.21. The molecule has 0 N–H and O–H groups in total. The van der Waals surface area contributed by atoms with Gasteiger partial charge in [0.15, 0.2) is 0 Å². The number of aromatic nitrogens is 2. The highest BCUT2D eigenvalue weighted by atomic mass is 79.9.